The van der Waals surface area contributed by atoms with Crippen molar-refractivity contribution in [2.45, 2.75) is 0 Å². The molecule has 0 radical (unpaired) electrons. The highest BCUT2D eigenvalue weighted by atomic mass is 15.3. The molecule has 0 saturated heterocycles. The first-order valence-electron chi connectivity index (χ1n) is 4.63. The lowest BCUT2D eigenvalue weighted by Gasteiger charge is -2.04. The molecule has 0 fully saturated rings. The molecule has 2 rings (SSSR count). The van der Waals surface area contributed by atoms with Crippen LogP contribution in [-0.4, -0.2) is 21.8 Å². The zero-order chi connectivity index (χ0) is 10.8. The Morgan fingerprint density at radius 3 is 2.73 bits per heavy atom. The number of nitrogens with zero attached hydrogens (tertiary/aromatic N) is 3. The van der Waals surface area contributed by atoms with Crippen LogP contribution in [0.2, 0.25) is 0 Å². The third-order valence-corrected chi connectivity index (χ3v) is 2.10. The Bertz CT molecular complexity index is 474. The van der Waals surface area contributed by atoms with Gasteiger partial charge < -0.3 is 11.1 Å². The van der Waals surface area contributed by atoms with E-state index in [1.807, 2.05) is 32.3 Å². The van der Waals surface area contributed by atoms with Gasteiger partial charge in [0.25, 0.3) is 0 Å². The van der Waals surface area contributed by atoms with Crippen molar-refractivity contribution in [3.63, 3.8) is 0 Å². The van der Waals surface area contributed by atoms with E-state index in [9.17, 15) is 0 Å². The number of hydrogen-bond donors (Lipinski definition) is 2. The molecule has 0 aliphatic rings. The van der Waals surface area contributed by atoms with E-state index in [1.165, 1.54) is 0 Å². The molecular weight excluding hydrogens is 190 g/mol. The summed E-state index contributed by atoms with van der Waals surface area (Å²) in [4.78, 5) is 4.17. The van der Waals surface area contributed by atoms with Crippen LogP contribution in [0.15, 0.2) is 24.5 Å². The molecule has 1 aromatic heterocycles. The van der Waals surface area contributed by atoms with Crippen LogP contribution in [0.5, 0.6) is 0 Å². The molecule has 0 atom stereocenters. The molecule has 1 heterocycles. The van der Waals surface area contributed by atoms with E-state index in [2.05, 4.69) is 15.4 Å². The first-order valence-corrected chi connectivity index (χ1v) is 4.63. The molecular formula is C10H13N5. The number of anilines is 2. The quantitative estimate of drug-likeness (QED) is 0.717. The Labute approximate surface area is 87.9 Å². The van der Waals surface area contributed by atoms with Crippen molar-refractivity contribution in [2.75, 3.05) is 18.1 Å². The second-order valence-electron chi connectivity index (χ2n) is 3.34. The van der Waals surface area contributed by atoms with Gasteiger partial charge in [-0.25, -0.2) is 4.98 Å². The zero-order valence-electron chi connectivity index (χ0n) is 8.73. The summed E-state index contributed by atoms with van der Waals surface area (Å²) in [7, 11) is 3.69. The van der Waals surface area contributed by atoms with E-state index in [4.69, 9.17) is 5.73 Å². The number of nitrogens with two attached hydrogens (primary N) is 1. The molecule has 0 aliphatic heterocycles. The lowest BCUT2D eigenvalue weighted by molar-refractivity contribution is 0.768. The number of hydrogen-bond acceptors (Lipinski definition) is 4. The fraction of sp³-hybridized carbons (Fsp3) is 0.200. The van der Waals surface area contributed by atoms with Crippen molar-refractivity contribution < 1.29 is 0 Å². The predicted octanol–water partition coefficient (Wildman–Crippen LogP) is 1.11. The Morgan fingerprint density at radius 1 is 1.33 bits per heavy atom. The topological polar surface area (TPSA) is 68.8 Å². The van der Waals surface area contributed by atoms with Crippen LogP contribution in [0.1, 0.15) is 0 Å². The molecule has 5 nitrogen and oxygen atoms in total. The van der Waals surface area contributed by atoms with Gasteiger partial charge in [0.15, 0.2) is 5.82 Å². The maximum atomic E-state index is 5.78. The van der Waals surface area contributed by atoms with Crippen LogP contribution in [0.25, 0.3) is 11.4 Å². The molecule has 0 saturated carbocycles. The summed E-state index contributed by atoms with van der Waals surface area (Å²) in [5.41, 5.74) is 8.35. The summed E-state index contributed by atoms with van der Waals surface area (Å²) in [6, 6.07) is 5.69. The highest BCUT2D eigenvalue weighted by Gasteiger charge is 2.04. The number of aryl methyl sites for hydroxylation is 1. The van der Waals surface area contributed by atoms with Crippen molar-refractivity contribution in [3.8, 4) is 11.4 Å². The summed E-state index contributed by atoms with van der Waals surface area (Å²) in [6.07, 6.45) is 1.66. The normalized spacial score (nSPS) is 10.3. The average molecular weight is 203 g/mol. The van der Waals surface area contributed by atoms with Gasteiger partial charge in [0.2, 0.25) is 0 Å². The van der Waals surface area contributed by atoms with E-state index in [0.29, 0.717) is 11.5 Å². The van der Waals surface area contributed by atoms with E-state index in [0.717, 1.165) is 11.3 Å². The summed E-state index contributed by atoms with van der Waals surface area (Å²) >= 11 is 0. The van der Waals surface area contributed by atoms with E-state index < -0.39 is 0 Å². The van der Waals surface area contributed by atoms with Crippen LogP contribution < -0.4 is 11.1 Å². The van der Waals surface area contributed by atoms with Crippen molar-refractivity contribution in [3.05, 3.63) is 24.5 Å². The maximum absolute atomic E-state index is 5.78. The van der Waals surface area contributed by atoms with Crippen molar-refractivity contribution >= 4 is 11.4 Å². The van der Waals surface area contributed by atoms with E-state index >= 15 is 0 Å². The van der Waals surface area contributed by atoms with Gasteiger partial charge in [0.05, 0.1) is 0 Å². The Balaban J connectivity index is 2.48. The highest BCUT2D eigenvalue weighted by molar-refractivity contribution is 5.68. The van der Waals surface area contributed by atoms with Gasteiger partial charge in [-0.2, -0.15) is 5.10 Å². The molecule has 2 aromatic rings. The van der Waals surface area contributed by atoms with Crippen LogP contribution in [0, 0.1) is 0 Å². The van der Waals surface area contributed by atoms with Gasteiger partial charge in [0, 0.05) is 31.0 Å². The predicted molar refractivity (Wildman–Crippen MR) is 60.4 cm³/mol. The maximum Gasteiger partial charge on any atom is 0.181 e. The fourth-order valence-corrected chi connectivity index (χ4v) is 1.40. The SMILES string of the molecule is CNc1cc(N)cc(-c2ncn(C)n2)c1. The molecule has 78 valence electrons. The minimum Gasteiger partial charge on any atom is -0.399 e. The monoisotopic (exact) mass is 203 g/mol. The van der Waals surface area contributed by atoms with Crippen LogP contribution in [0.3, 0.4) is 0 Å². The first-order chi connectivity index (χ1) is 7.19. The number of nitrogen functional groups attached to an aromatic ring is 1. The third kappa shape index (κ3) is 1.90. The number of benzene rings is 1. The van der Waals surface area contributed by atoms with Gasteiger partial charge in [-0.05, 0) is 18.2 Å². The molecule has 0 unspecified atom stereocenters. The molecule has 15 heavy (non-hydrogen) atoms. The molecule has 0 bridgehead atoms. The average Bonchev–Trinajstić information content (AvgIpc) is 2.64. The van der Waals surface area contributed by atoms with Crippen molar-refractivity contribution in [1.29, 1.82) is 0 Å². The lowest BCUT2D eigenvalue weighted by Crippen LogP contribution is -1.94. The Kier molecular flexibility index (Phi) is 2.29. The number of aromatic nitrogens is 3. The lowest BCUT2D eigenvalue weighted by atomic mass is 10.1. The first kappa shape index (κ1) is 9.51. The molecule has 0 spiro atoms. The number of rotatable bonds is 2. The van der Waals surface area contributed by atoms with Gasteiger partial charge in [0.1, 0.15) is 6.33 Å². The van der Waals surface area contributed by atoms with Crippen LogP contribution in [0.4, 0.5) is 11.4 Å². The van der Waals surface area contributed by atoms with Crippen molar-refractivity contribution in [2.24, 2.45) is 7.05 Å². The molecule has 3 N–H and O–H groups in total. The third-order valence-electron chi connectivity index (χ3n) is 2.10. The minimum absolute atomic E-state index is 0.682. The van der Waals surface area contributed by atoms with Gasteiger partial charge in [-0.3, -0.25) is 4.68 Å². The van der Waals surface area contributed by atoms with Crippen LogP contribution in [-0.2, 0) is 7.05 Å². The van der Waals surface area contributed by atoms with Gasteiger partial charge in [-0.1, -0.05) is 0 Å². The second kappa shape index (κ2) is 3.61. The summed E-state index contributed by atoms with van der Waals surface area (Å²) in [5.74, 6) is 0.682. The molecule has 0 amide bonds. The van der Waals surface area contributed by atoms with Crippen LogP contribution >= 0.6 is 0 Å². The smallest absolute Gasteiger partial charge is 0.181 e. The molecule has 5 heteroatoms. The fourth-order valence-electron chi connectivity index (χ4n) is 1.40. The molecule has 0 aliphatic carbocycles. The summed E-state index contributed by atoms with van der Waals surface area (Å²) < 4.78 is 1.66. The van der Waals surface area contributed by atoms with E-state index in [-0.39, 0.29) is 0 Å². The molecule has 1 aromatic carbocycles. The van der Waals surface area contributed by atoms with E-state index in [1.54, 1.807) is 11.0 Å². The minimum atomic E-state index is 0.682. The summed E-state index contributed by atoms with van der Waals surface area (Å²) in [6.45, 7) is 0. The Morgan fingerprint density at radius 2 is 2.13 bits per heavy atom. The van der Waals surface area contributed by atoms with Gasteiger partial charge >= 0.3 is 0 Å². The van der Waals surface area contributed by atoms with Gasteiger partial charge in [-0.15, -0.1) is 0 Å². The Hall–Kier alpha value is -2.04. The summed E-state index contributed by atoms with van der Waals surface area (Å²) in [5, 5.41) is 7.26. The highest BCUT2D eigenvalue weighted by Crippen LogP contribution is 2.22. The second-order valence-corrected chi connectivity index (χ2v) is 3.34. The number of nitrogens with one attached hydrogen (secondary N) is 1. The van der Waals surface area contributed by atoms with Crippen molar-refractivity contribution in [1.82, 2.24) is 14.8 Å². The largest absolute Gasteiger partial charge is 0.399 e. The zero-order valence-corrected chi connectivity index (χ0v) is 8.73. The standard InChI is InChI=1S/C10H13N5/c1-12-9-4-7(3-8(11)5-9)10-13-6-15(2)14-10/h3-6,12H,11H2,1-2H3.